The standard InChI is InChI=1S/C33H48N4O5/c1-9-10-11-20-37(31(40)25(18-19-26(34)38)35-32(41)42-33(6,7)8)29(27-21(2)14-12-15-22(27)3)30(39)36-28-23(4)16-13-17-24(28)5/h12-17,25,29H,9-11,18-20H2,1-8H3,(H2,34,38)(H,35,41)(H,36,39). The van der Waals surface area contributed by atoms with Crippen LogP contribution in [0.25, 0.3) is 0 Å². The number of amides is 4. The van der Waals surface area contributed by atoms with Gasteiger partial charge in [-0.1, -0.05) is 56.2 Å². The molecule has 4 amide bonds. The van der Waals surface area contributed by atoms with E-state index in [-0.39, 0.29) is 25.3 Å². The van der Waals surface area contributed by atoms with Crippen molar-refractivity contribution in [3.63, 3.8) is 0 Å². The van der Waals surface area contributed by atoms with Gasteiger partial charge in [0.05, 0.1) is 0 Å². The Morgan fingerprint density at radius 2 is 1.45 bits per heavy atom. The van der Waals surface area contributed by atoms with Crippen LogP contribution in [0.1, 0.15) is 93.7 Å². The number of hydrogen-bond acceptors (Lipinski definition) is 5. The van der Waals surface area contributed by atoms with Crippen molar-refractivity contribution >= 4 is 29.5 Å². The molecule has 4 N–H and O–H groups in total. The Labute approximate surface area is 250 Å². The second-order valence-corrected chi connectivity index (χ2v) is 11.9. The lowest BCUT2D eigenvalue weighted by Gasteiger charge is -2.36. The number of unbranched alkanes of at least 4 members (excludes halogenated alkanes) is 2. The first-order chi connectivity index (χ1) is 19.7. The van der Waals surface area contributed by atoms with Crippen molar-refractivity contribution in [2.45, 2.75) is 105 Å². The lowest BCUT2D eigenvalue weighted by molar-refractivity contribution is -0.141. The summed E-state index contributed by atoms with van der Waals surface area (Å²) >= 11 is 0. The van der Waals surface area contributed by atoms with Gasteiger partial charge in [-0.05, 0) is 89.1 Å². The van der Waals surface area contributed by atoms with Crippen LogP contribution < -0.4 is 16.4 Å². The van der Waals surface area contributed by atoms with Gasteiger partial charge in [0.15, 0.2) is 0 Å². The molecule has 42 heavy (non-hydrogen) atoms. The Morgan fingerprint density at radius 3 is 1.95 bits per heavy atom. The maximum Gasteiger partial charge on any atom is 0.408 e. The first-order valence-corrected chi connectivity index (χ1v) is 14.7. The molecule has 0 aliphatic carbocycles. The molecule has 2 atom stereocenters. The van der Waals surface area contributed by atoms with Gasteiger partial charge in [0, 0.05) is 18.7 Å². The topological polar surface area (TPSA) is 131 Å². The van der Waals surface area contributed by atoms with Crippen molar-refractivity contribution in [3.8, 4) is 0 Å². The van der Waals surface area contributed by atoms with Gasteiger partial charge in [0.25, 0.3) is 5.91 Å². The highest BCUT2D eigenvalue weighted by Crippen LogP contribution is 2.31. The maximum absolute atomic E-state index is 14.4. The average molecular weight is 581 g/mol. The van der Waals surface area contributed by atoms with Gasteiger partial charge in [-0.25, -0.2) is 4.79 Å². The predicted molar refractivity (Wildman–Crippen MR) is 166 cm³/mol. The molecule has 2 rings (SSSR count). The van der Waals surface area contributed by atoms with Gasteiger partial charge in [-0.15, -0.1) is 0 Å². The van der Waals surface area contributed by atoms with Crippen molar-refractivity contribution in [3.05, 3.63) is 64.2 Å². The fourth-order valence-electron chi connectivity index (χ4n) is 4.98. The number of primary amides is 1. The monoisotopic (exact) mass is 580 g/mol. The summed E-state index contributed by atoms with van der Waals surface area (Å²) in [5, 5.41) is 5.75. The molecular formula is C33H48N4O5. The summed E-state index contributed by atoms with van der Waals surface area (Å²) < 4.78 is 5.42. The quantitative estimate of drug-likeness (QED) is 0.259. The lowest BCUT2D eigenvalue weighted by Crippen LogP contribution is -2.53. The van der Waals surface area contributed by atoms with Crippen LogP contribution in [0.4, 0.5) is 10.5 Å². The van der Waals surface area contributed by atoms with E-state index in [9.17, 15) is 19.2 Å². The third kappa shape index (κ3) is 9.89. The lowest BCUT2D eigenvalue weighted by atomic mass is 9.93. The summed E-state index contributed by atoms with van der Waals surface area (Å²) in [6.45, 7) is 15.2. The summed E-state index contributed by atoms with van der Waals surface area (Å²) in [4.78, 5) is 54.8. The van der Waals surface area contributed by atoms with Crippen LogP contribution in [0.2, 0.25) is 0 Å². The number of para-hydroxylation sites is 1. The Kier molecular flexibility index (Phi) is 12.6. The van der Waals surface area contributed by atoms with Crippen LogP contribution in [0, 0.1) is 27.7 Å². The summed E-state index contributed by atoms with van der Waals surface area (Å²) in [6.07, 6.45) is 1.45. The fraction of sp³-hybridized carbons (Fsp3) is 0.515. The van der Waals surface area contributed by atoms with E-state index in [2.05, 4.69) is 17.6 Å². The van der Waals surface area contributed by atoms with Crippen LogP contribution in [0.3, 0.4) is 0 Å². The maximum atomic E-state index is 14.4. The zero-order valence-corrected chi connectivity index (χ0v) is 26.4. The number of carbonyl (C=O) groups excluding carboxylic acids is 4. The normalized spacial score (nSPS) is 12.7. The van der Waals surface area contributed by atoms with E-state index in [4.69, 9.17) is 10.5 Å². The summed E-state index contributed by atoms with van der Waals surface area (Å²) in [7, 11) is 0. The Hall–Kier alpha value is -3.88. The molecule has 0 spiro atoms. The zero-order valence-electron chi connectivity index (χ0n) is 26.4. The molecule has 9 nitrogen and oxygen atoms in total. The molecular weight excluding hydrogens is 532 g/mol. The highest BCUT2D eigenvalue weighted by atomic mass is 16.6. The van der Waals surface area contributed by atoms with E-state index in [1.165, 1.54) is 4.90 Å². The minimum atomic E-state index is -1.13. The van der Waals surface area contributed by atoms with Gasteiger partial charge in [-0.3, -0.25) is 14.4 Å². The number of carbonyl (C=O) groups is 4. The minimum Gasteiger partial charge on any atom is -0.444 e. The molecule has 0 aromatic heterocycles. The highest BCUT2D eigenvalue weighted by Gasteiger charge is 2.37. The summed E-state index contributed by atoms with van der Waals surface area (Å²) in [5.41, 5.74) is 9.57. The first kappa shape index (κ1) is 34.3. The number of benzene rings is 2. The molecule has 0 aliphatic rings. The van der Waals surface area contributed by atoms with Gasteiger partial charge >= 0.3 is 6.09 Å². The fourth-order valence-corrected chi connectivity index (χ4v) is 4.98. The van der Waals surface area contributed by atoms with Crippen molar-refractivity contribution in [1.82, 2.24) is 10.2 Å². The van der Waals surface area contributed by atoms with Gasteiger partial charge in [0.1, 0.15) is 17.7 Å². The van der Waals surface area contributed by atoms with Crippen LogP contribution in [0.15, 0.2) is 36.4 Å². The smallest absolute Gasteiger partial charge is 0.408 e. The van der Waals surface area contributed by atoms with E-state index < -0.39 is 35.6 Å². The van der Waals surface area contributed by atoms with Crippen molar-refractivity contribution in [2.75, 3.05) is 11.9 Å². The zero-order chi connectivity index (χ0) is 31.6. The van der Waals surface area contributed by atoms with E-state index in [1.54, 1.807) is 20.8 Å². The second-order valence-electron chi connectivity index (χ2n) is 11.9. The first-order valence-electron chi connectivity index (χ1n) is 14.7. The summed E-state index contributed by atoms with van der Waals surface area (Å²) in [5.74, 6) is -1.45. The van der Waals surface area contributed by atoms with Gasteiger partial charge < -0.3 is 26.0 Å². The number of hydrogen-bond donors (Lipinski definition) is 3. The van der Waals surface area contributed by atoms with Crippen molar-refractivity contribution in [1.29, 1.82) is 0 Å². The number of rotatable bonds is 13. The molecule has 0 aliphatic heterocycles. The molecule has 0 saturated carbocycles. The minimum absolute atomic E-state index is 0.0321. The number of aryl methyl sites for hydroxylation is 4. The third-order valence-corrected chi connectivity index (χ3v) is 7.06. The third-order valence-electron chi connectivity index (χ3n) is 7.06. The number of ether oxygens (including phenoxy) is 1. The number of alkyl carbamates (subject to hydrolysis) is 1. The number of nitrogens with zero attached hydrogens (tertiary/aromatic N) is 1. The SMILES string of the molecule is CCCCCN(C(=O)C(CCC(N)=O)NC(=O)OC(C)(C)C)C(C(=O)Nc1c(C)cccc1C)c1c(C)cccc1C. The number of nitrogens with two attached hydrogens (primary N) is 1. The summed E-state index contributed by atoms with van der Waals surface area (Å²) in [6, 6.07) is 9.39. The average Bonchev–Trinajstić information content (AvgIpc) is 2.88. The Morgan fingerprint density at radius 1 is 0.905 bits per heavy atom. The Balaban J connectivity index is 2.66. The van der Waals surface area contributed by atoms with E-state index >= 15 is 0 Å². The predicted octanol–water partition coefficient (Wildman–Crippen LogP) is 5.78. The molecule has 0 fully saturated rings. The van der Waals surface area contributed by atoms with E-state index in [1.807, 2.05) is 64.1 Å². The van der Waals surface area contributed by atoms with E-state index in [0.29, 0.717) is 12.1 Å². The molecule has 2 aromatic rings. The highest BCUT2D eigenvalue weighted by molar-refractivity contribution is 6.00. The van der Waals surface area contributed by atoms with Crippen molar-refractivity contribution < 1.29 is 23.9 Å². The molecule has 0 heterocycles. The molecule has 230 valence electrons. The van der Waals surface area contributed by atoms with Gasteiger partial charge in [-0.2, -0.15) is 0 Å². The Bertz CT molecular complexity index is 1230. The molecule has 0 saturated heterocycles. The van der Waals surface area contributed by atoms with Crippen LogP contribution in [0.5, 0.6) is 0 Å². The van der Waals surface area contributed by atoms with Crippen LogP contribution in [-0.4, -0.2) is 46.9 Å². The molecule has 2 unspecified atom stereocenters. The largest absolute Gasteiger partial charge is 0.444 e. The number of nitrogens with one attached hydrogen (secondary N) is 2. The molecule has 9 heteroatoms. The number of anilines is 1. The molecule has 0 bridgehead atoms. The van der Waals surface area contributed by atoms with Crippen LogP contribution >= 0.6 is 0 Å². The molecule has 2 aromatic carbocycles. The second kappa shape index (κ2) is 15.4. The van der Waals surface area contributed by atoms with Crippen LogP contribution in [-0.2, 0) is 19.1 Å². The van der Waals surface area contributed by atoms with Crippen molar-refractivity contribution in [2.24, 2.45) is 5.73 Å². The van der Waals surface area contributed by atoms with Gasteiger partial charge in [0.2, 0.25) is 11.8 Å². The van der Waals surface area contributed by atoms with E-state index in [0.717, 1.165) is 40.7 Å². The molecule has 0 radical (unpaired) electrons.